The third-order valence-electron chi connectivity index (χ3n) is 19.2. The zero-order valence-electron chi connectivity index (χ0n) is 62.0. The Kier molecular flexibility index (Phi) is 26.1. The number of aliphatic hydroxyl groups is 6. The van der Waals surface area contributed by atoms with Crippen molar-refractivity contribution in [2.24, 2.45) is 11.7 Å². The Morgan fingerprint density at radius 3 is 1.86 bits per heavy atom. The number of carbonyl (C=O) groups excluding carboxylic acids is 9. The third-order valence-corrected chi connectivity index (χ3v) is 19.8. The maximum Gasteiger partial charge on any atom is 0.410 e. The number of hydrogen-bond acceptors (Lipinski definition) is 27. The molecule has 5 aromatic rings. The van der Waals surface area contributed by atoms with E-state index in [1.165, 1.54) is 20.9 Å². The molecule has 5 aromatic carbocycles. The van der Waals surface area contributed by atoms with Crippen LogP contribution in [0.15, 0.2) is 78.9 Å². The van der Waals surface area contributed by atoms with Crippen molar-refractivity contribution in [1.29, 1.82) is 0 Å². The minimum Gasteiger partial charge on any atom is -0.508 e. The summed E-state index contributed by atoms with van der Waals surface area (Å²) in [6, 6.07) is -2.09. The summed E-state index contributed by atoms with van der Waals surface area (Å²) in [5, 5.41) is 132. The average molecular weight is 1620 g/mol. The number of hydrogen-bond donors (Lipinski definition) is 18. The van der Waals surface area contributed by atoms with Crippen LogP contribution in [-0.2, 0) is 62.0 Å². The van der Waals surface area contributed by atoms with Crippen LogP contribution in [0.4, 0.5) is 9.59 Å². The molecule has 0 spiro atoms. The van der Waals surface area contributed by atoms with E-state index in [2.05, 4.69) is 37.2 Å². The first-order valence-electron chi connectivity index (χ1n) is 35.6. The van der Waals surface area contributed by atoms with Crippen LogP contribution in [-0.4, -0.2) is 220 Å². The Morgan fingerprint density at radius 1 is 0.681 bits per heavy atom. The molecule has 0 aliphatic carbocycles. The minimum atomic E-state index is -2.43. The van der Waals surface area contributed by atoms with Crippen LogP contribution in [0.25, 0.3) is 11.1 Å². The molecule has 37 nitrogen and oxygen atoms in total. The van der Waals surface area contributed by atoms with E-state index in [-0.39, 0.29) is 23.5 Å². The van der Waals surface area contributed by atoms with Gasteiger partial charge < -0.3 is 132 Å². The topological polar surface area (TPSA) is 560 Å². The van der Waals surface area contributed by atoms with Gasteiger partial charge in [0.15, 0.2) is 29.9 Å². The number of alkyl carbamates (subject to hydrolysis) is 1. The molecule has 9 amide bonds. The van der Waals surface area contributed by atoms with E-state index in [4.69, 9.17) is 66.8 Å². The number of fused-ring (bicyclic) bond motifs is 15. The summed E-state index contributed by atoms with van der Waals surface area (Å²) in [5.41, 5.74) is 1.00. The van der Waals surface area contributed by atoms with Crippen molar-refractivity contribution in [3.05, 3.63) is 117 Å². The number of carbonyl (C=O) groups is 10. The van der Waals surface area contributed by atoms with E-state index in [0.717, 1.165) is 83.8 Å². The van der Waals surface area contributed by atoms with Crippen LogP contribution < -0.4 is 57.2 Å². The zero-order chi connectivity index (χ0) is 82.8. The van der Waals surface area contributed by atoms with Gasteiger partial charge in [0.05, 0.1) is 46.9 Å². The summed E-state index contributed by atoms with van der Waals surface area (Å²) in [5.74, 6) is -17.3. The second-order valence-electron chi connectivity index (χ2n) is 28.9. The molecule has 11 bridgehead atoms. The highest BCUT2D eigenvalue weighted by Crippen LogP contribution is 2.50. The van der Waals surface area contributed by atoms with Crippen LogP contribution in [0.3, 0.4) is 0 Å². The summed E-state index contributed by atoms with van der Waals surface area (Å²) in [6.07, 6.45) is -23.6. The van der Waals surface area contributed by atoms with Crippen LogP contribution in [0, 0.1) is 5.92 Å². The number of likely N-dealkylation sites (N-methyl/N-ethyl adjacent to an activating group) is 1. The number of ether oxygens (including phenoxy) is 8. The van der Waals surface area contributed by atoms with Gasteiger partial charge in [-0.15, -0.1) is 0 Å². The molecule has 0 radical (unpaired) electrons. The molecular formula is C74H87Cl2N9O28. The number of carboxylic acid groups (broad SMARTS) is 1. The van der Waals surface area contributed by atoms with Gasteiger partial charge in [-0.2, -0.15) is 0 Å². The van der Waals surface area contributed by atoms with Gasteiger partial charge in [0.2, 0.25) is 53.4 Å². The molecule has 0 saturated carbocycles. The van der Waals surface area contributed by atoms with Crippen molar-refractivity contribution < 1.29 is 137 Å². The molecule has 18 atom stereocenters. The first-order valence-corrected chi connectivity index (χ1v) is 36.3. The Hall–Kier alpha value is -10.6. The molecule has 19 N–H and O–H groups in total. The van der Waals surface area contributed by atoms with E-state index in [0.29, 0.717) is 0 Å². The van der Waals surface area contributed by atoms with Gasteiger partial charge in [0, 0.05) is 36.2 Å². The number of amides is 9. The number of nitrogens with two attached hydrogens (primary N) is 1. The number of carboxylic acids is 1. The normalized spacial score (nSPS) is 27.5. The smallest absolute Gasteiger partial charge is 0.410 e. The number of aliphatic hydroxyl groups excluding tert-OH is 6. The zero-order valence-corrected chi connectivity index (χ0v) is 63.5. The second-order valence-corrected chi connectivity index (χ2v) is 29.7. The Labute approximate surface area is 654 Å². The molecule has 2 saturated heterocycles. The Morgan fingerprint density at radius 2 is 1.27 bits per heavy atom. The molecule has 7 heterocycles. The highest BCUT2D eigenvalue weighted by molar-refractivity contribution is 6.32. The predicted octanol–water partition coefficient (Wildman–Crippen LogP) is 2.54. The number of primary amides is 1. The van der Waals surface area contributed by atoms with Crippen LogP contribution in [0.1, 0.15) is 133 Å². The lowest BCUT2D eigenvalue weighted by atomic mass is 9.85. The van der Waals surface area contributed by atoms with Gasteiger partial charge in [-0.05, 0) is 131 Å². The quantitative estimate of drug-likeness (QED) is 0.0675. The summed E-state index contributed by atoms with van der Waals surface area (Å²) < 4.78 is 49.5. The van der Waals surface area contributed by atoms with E-state index < -0.39 is 284 Å². The lowest BCUT2D eigenvalue weighted by molar-refractivity contribution is -0.334. The highest BCUT2D eigenvalue weighted by atomic mass is 35.5. The molecule has 0 unspecified atom stereocenters. The number of benzene rings is 5. The summed E-state index contributed by atoms with van der Waals surface area (Å²) in [6.45, 7) is 11.5. The number of aromatic hydroxyl groups is 3. The standard InChI is InChI=1S/C74H87Cl2N9O28/c1-27(2)16-41(85(9)73(105)107-29(5)6)65(97)82-55-57(91)32-11-14-44(38(75)18-32)109-46-20-34-21-47(61(46)113-71-62(60(94)59(93)48(26-86)111-71)112-50-25-74(8,63(95)30(7)108-50)84-72(104)106-28(3)4)110-45-15-12-33(19-39(45)76)58(92)56-69(101)81-54(70(102)103)37-22-35(87)23-43(89)51(37)36-17-31(10-13-42(36)88)52(66(98)83-56)80-67(99)53(34)79-64(96)40(24-49(77)90)78-68(55)100/h10-15,17-23,27-30,40-41,48,50,52-60,62-63,71,86-89,91-95H,16,24-26H2,1-9H3,(H2,77,90)(H,78,100)(H,79,96)(H,80,99)(H,81,101)(H,82,97)(H,83,98)(H,84,104)(H,102,103)/t30-,40-,41+,48+,50-,52+,53+,54-,55+,56-,57+,58+,59+,60-,62+,63+,71-,74-/m0/s1. The van der Waals surface area contributed by atoms with Crippen LogP contribution in [0.2, 0.25) is 10.0 Å². The van der Waals surface area contributed by atoms with Gasteiger partial charge >= 0.3 is 18.2 Å². The van der Waals surface area contributed by atoms with Gasteiger partial charge in [-0.1, -0.05) is 55.2 Å². The fourth-order valence-corrected chi connectivity index (χ4v) is 14.0. The molecule has 113 heavy (non-hydrogen) atoms. The average Bonchev–Trinajstić information content (AvgIpc) is 0.774. The molecule has 2 fully saturated rings. The summed E-state index contributed by atoms with van der Waals surface area (Å²) in [7, 11) is 1.25. The van der Waals surface area contributed by atoms with Gasteiger partial charge in [-0.3, -0.25) is 38.5 Å². The van der Waals surface area contributed by atoms with E-state index in [1.54, 1.807) is 41.5 Å². The molecule has 610 valence electrons. The van der Waals surface area contributed by atoms with Gasteiger partial charge in [-0.25, -0.2) is 14.4 Å². The van der Waals surface area contributed by atoms with Crippen LogP contribution >= 0.6 is 23.2 Å². The first kappa shape index (κ1) is 84.9. The number of nitrogens with one attached hydrogen (secondary N) is 7. The van der Waals surface area contributed by atoms with Crippen molar-refractivity contribution in [2.45, 2.75) is 196 Å². The maximum atomic E-state index is 16.2. The van der Waals surface area contributed by atoms with Crippen molar-refractivity contribution in [2.75, 3.05) is 13.7 Å². The fourth-order valence-electron chi connectivity index (χ4n) is 13.5. The van der Waals surface area contributed by atoms with Crippen molar-refractivity contribution in [3.63, 3.8) is 0 Å². The molecule has 7 aliphatic heterocycles. The van der Waals surface area contributed by atoms with E-state index in [9.17, 15) is 79.8 Å². The maximum absolute atomic E-state index is 16.2. The fraction of sp³-hybridized carbons (Fsp3) is 0.459. The third kappa shape index (κ3) is 18.9. The second kappa shape index (κ2) is 34.8. The number of rotatable bonds is 16. The van der Waals surface area contributed by atoms with Crippen LogP contribution in [0.5, 0.6) is 46.0 Å². The number of nitrogens with zero attached hydrogens (tertiary/aromatic N) is 1. The number of aliphatic carboxylic acids is 1. The predicted molar refractivity (Wildman–Crippen MR) is 390 cm³/mol. The molecule has 0 aromatic heterocycles. The van der Waals surface area contributed by atoms with E-state index in [1.807, 2.05) is 0 Å². The Balaban J connectivity index is 1.23. The van der Waals surface area contributed by atoms with Crippen molar-refractivity contribution in [3.8, 4) is 57.1 Å². The number of phenolic OH excluding ortho intramolecular Hbond substituents is 3. The van der Waals surface area contributed by atoms with E-state index >= 15 is 19.2 Å². The molecular weight excluding hydrogens is 1530 g/mol. The van der Waals surface area contributed by atoms with Gasteiger partial charge in [0.25, 0.3) is 0 Å². The first-order chi connectivity index (χ1) is 53.1. The highest BCUT2D eigenvalue weighted by Gasteiger charge is 2.53. The number of halogens is 2. The number of phenols is 3. The summed E-state index contributed by atoms with van der Waals surface area (Å²) >= 11 is 14.2. The van der Waals surface area contributed by atoms with Crippen molar-refractivity contribution >= 4 is 82.7 Å². The largest absolute Gasteiger partial charge is 0.508 e. The summed E-state index contributed by atoms with van der Waals surface area (Å²) in [4.78, 5) is 146. The SMILES string of the molecule is CC(C)C[C@H](C(=O)N[C@H]1C(=O)N[C@@H](CC(N)=O)C(=O)N[C@H]2C(=O)N[C@H]3C(=O)N[C@H](C(=O)N[C@H](C(=O)O)c4cc(O)cc(O)c4-c4cc3ccc4O)[C@H](O)c3ccc(c(Cl)c3)Oc3cc2cc(c3O[C@@H]2O[C@H](CO)[C@@H](O)[C@H](O)[C@H]2O[C@H]2C[C@](C)(NC(=O)OC(C)C)[C@H](O)[C@H](C)O2)Oc2ccc(cc2Cl)[C@H]1O)N(C)C(=O)OC(C)C. The van der Waals surface area contributed by atoms with Gasteiger partial charge in [0.1, 0.15) is 102 Å². The molecule has 12 rings (SSSR count). The van der Waals surface area contributed by atoms with Crippen molar-refractivity contribution in [1.82, 2.24) is 42.1 Å². The minimum absolute atomic E-state index is 0.0735. The monoisotopic (exact) mass is 1620 g/mol. The lowest BCUT2D eigenvalue weighted by Crippen LogP contribution is -2.66. The molecule has 7 aliphatic rings. The molecule has 39 heteroatoms. The Bertz CT molecular complexity index is 4520. The lowest BCUT2D eigenvalue weighted by Gasteiger charge is -2.48.